The number of aromatic nitrogens is 1. The van der Waals surface area contributed by atoms with E-state index in [-0.39, 0.29) is 35.4 Å². The molecule has 9 nitrogen and oxygen atoms in total. The molecular weight excluding hydrogens is 506 g/mol. The third-order valence-corrected chi connectivity index (χ3v) is 8.98. The van der Waals surface area contributed by atoms with Crippen molar-refractivity contribution < 1.29 is 18.9 Å². The van der Waals surface area contributed by atoms with Crippen LogP contribution in [0.4, 0.5) is 0 Å². The molecule has 2 saturated carbocycles. The lowest BCUT2D eigenvalue weighted by molar-refractivity contribution is -0.138. The smallest absolute Gasteiger partial charge is 0.276 e. The van der Waals surface area contributed by atoms with Crippen molar-refractivity contribution in [3.8, 4) is 0 Å². The third kappa shape index (κ3) is 6.92. The van der Waals surface area contributed by atoms with E-state index in [2.05, 4.69) is 22.6 Å². The second-order valence-corrected chi connectivity index (χ2v) is 11.9. The minimum atomic E-state index is -0.671. The van der Waals surface area contributed by atoms with E-state index in [4.69, 9.17) is 10.3 Å². The normalized spacial score (nSPS) is 24.9. The van der Waals surface area contributed by atoms with Crippen molar-refractivity contribution in [2.24, 2.45) is 23.5 Å². The van der Waals surface area contributed by atoms with Crippen LogP contribution in [-0.2, 0) is 16.0 Å². The van der Waals surface area contributed by atoms with Gasteiger partial charge in [-0.25, -0.2) is 0 Å². The predicted octanol–water partition coefficient (Wildman–Crippen LogP) is 3.32. The maximum atomic E-state index is 13.7. The molecule has 2 aliphatic carbocycles. The highest BCUT2D eigenvalue weighted by Crippen LogP contribution is 2.34. The number of piperidine rings is 1. The van der Waals surface area contributed by atoms with Crippen LogP contribution in [0.25, 0.3) is 0 Å². The third-order valence-electron chi connectivity index (χ3n) is 8.98. The number of hydrogen-bond acceptors (Lipinski definition) is 6. The summed E-state index contributed by atoms with van der Waals surface area (Å²) in [6, 6.07) is 11.0. The Kier molecular flexibility index (Phi) is 9.19. The van der Waals surface area contributed by atoms with Gasteiger partial charge in [-0.05, 0) is 88.7 Å². The van der Waals surface area contributed by atoms with Crippen molar-refractivity contribution in [1.29, 1.82) is 0 Å². The summed E-state index contributed by atoms with van der Waals surface area (Å²) in [6.07, 6.45) is 7.97. The monoisotopic (exact) mass is 549 g/mol. The first kappa shape index (κ1) is 28.3. The molecule has 1 unspecified atom stereocenters. The van der Waals surface area contributed by atoms with Crippen LogP contribution in [-0.4, -0.2) is 70.9 Å². The van der Waals surface area contributed by atoms with Crippen LogP contribution in [0.5, 0.6) is 0 Å². The van der Waals surface area contributed by atoms with Crippen LogP contribution in [0.3, 0.4) is 0 Å². The van der Waals surface area contributed by atoms with Crippen molar-refractivity contribution in [2.75, 3.05) is 26.2 Å². The van der Waals surface area contributed by atoms with Crippen molar-refractivity contribution in [2.45, 2.75) is 76.8 Å². The fourth-order valence-electron chi connectivity index (χ4n) is 6.30. The Morgan fingerprint density at radius 1 is 1.05 bits per heavy atom. The molecule has 5 rings (SSSR count). The van der Waals surface area contributed by atoms with E-state index < -0.39 is 6.04 Å². The van der Waals surface area contributed by atoms with Gasteiger partial charge in [0.15, 0.2) is 5.69 Å². The highest BCUT2D eigenvalue weighted by molar-refractivity contribution is 5.96. The maximum Gasteiger partial charge on any atom is 0.276 e. The number of amides is 3. The summed E-state index contributed by atoms with van der Waals surface area (Å²) in [7, 11) is 0. The number of carbonyl (C=O) groups is 3. The van der Waals surface area contributed by atoms with Crippen molar-refractivity contribution in [1.82, 2.24) is 20.3 Å². The number of rotatable bonds is 10. The lowest BCUT2D eigenvalue weighted by Gasteiger charge is -2.43. The van der Waals surface area contributed by atoms with Gasteiger partial charge in [0.1, 0.15) is 11.8 Å². The largest absolute Gasteiger partial charge is 0.361 e. The Bertz CT molecular complexity index is 1160. The summed E-state index contributed by atoms with van der Waals surface area (Å²) >= 11 is 0. The lowest BCUT2D eigenvalue weighted by Crippen LogP contribution is -2.58. The zero-order chi connectivity index (χ0) is 28.1. The van der Waals surface area contributed by atoms with Crippen LogP contribution >= 0.6 is 0 Å². The van der Waals surface area contributed by atoms with Gasteiger partial charge in [-0.15, -0.1) is 0 Å². The van der Waals surface area contributed by atoms with Crippen molar-refractivity contribution in [3.05, 3.63) is 53.4 Å². The molecule has 2 atom stereocenters. The first-order chi connectivity index (χ1) is 19.4. The van der Waals surface area contributed by atoms with Crippen molar-refractivity contribution >= 4 is 17.7 Å². The average molecular weight is 550 g/mol. The molecule has 2 aromatic rings. The number of carbonyl (C=O) groups excluding carboxylic acids is 3. The van der Waals surface area contributed by atoms with E-state index >= 15 is 0 Å². The molecule has 3 aliphatic rings. The van der Waals surface area contributed by atoms with Crippen LogP contribution < -0.4 is 11.1 Å². The van der Waals surface area contributed by atoms with Crippen LogP contribution in [0.2, 0.25) is 0 Å². The summed E-state index contributed by atoms with van der Waals surface area (Å²) in [4.78, 5) is 44.2. The molecule has 3 amide bonds. The molecule has 216 valence electrons. The molecule has 2 heterocycles. The van der Waals surface area contributed by atoms with Crippen LogP contribution in [0.15, 0.2) is 40.9 Å². The molecule has 0 bridgehead atoms. The molecule has 1 aromatic heterocycles. The molecule has 0 spiro atoms. The van der Waals surface area contributed by atoms with Gasteiger partial charge in [-0.2, -0.15) is 0 Å². The molecule has 3 fully saturated rings. The van der Waals surface area contributed by atoms with E-state index in [0.717, 1.165) is 51.5 Å². The average Bonchev–Trinajstić information content (AvgIpc) is 3.76. The number of aryl methyl sites for hydroxylation is 1. The SMILES string of the molecule is Cc1cc(C(=O)N2CCC(N(CCc3ccccc3)C(=O)C3CC3)C[C@@H]2C(=O)NCC2CCC(CN)CC2)no1. The summed E-state index contributed by atoms with van der Waals surface area (Å²) in [5.41, 5.74) is 7.25. The van der Waals surface area contributed by atoms with Gasteiger partial charge >= 0.3 is 0 Å². The summed E-state index contributed by atoms with van der Waals surface area (Å²) in [5, 5.41) is 7.09. The summed E-state index contributed by atoms with van der Waals surface area (Å²) in [6.45, 7) is 4.06. The highest BCUT2D eigenvalue weighted by Gasteiger charge is 2.43. The molecule has 3 N–H and O–H groups in total. The zero-order valence-electron chi connectivity index (χ0n) is 23.6. The van der Waals surface area contributed by atoms with Gasteiger partial charge in [0.05, 0.1) is 0 Å². The van der Waals surface area contributed by atoms with Crippen LogP contribution in [0.1, 0.15) is 73.2 Å². The van der Waals surface area contributed by atoms with Gasteiger partial charge in [-0.1, -0.05) is 35.5 Å². The standard InChI is InChI=1S/C31H43N5O4/c1-21-17-27(34-40-21)31(39)36-16-14-26(18-28(36)29(37)33-20-24-9-7-23(19-32)8-10-24)35(30(38)25-11-12-25)15-13-22-5-3-2-4-6-22/h2-6,17,23-26,28H,7-16,18-20,32H2,1H3,(H,33,37)/t23?,24?,26?,28-/m1/s1. The molecule has 40 heavy (non-hydrogen) atoms. The Balaban J connectivity index is 1.30. The predicted molar refractivity (Wildman–Crippen MR) is 151 cm³/mol. The summed E-state index contributed by atoms with van der Waals surface area (Å²) < 4.78 is 5.16. The number of nitrogens with one attached hydrogen (secondary N) is 1. The Morgan fingerprint density at radius 2 is 1.77 bits per heavy atom. The highest BCUT2D eigenvalue weighted by atomic mass is 16.5. The van der Waals surface area contributed by atoms with E-state index in [1.54, 1.807) is 17.9 Å². The van der Waals surface area contributed by atoms with E-state index in [1.807, 2.05) is 23.1 Å². The van der Waals surface area contributed by atoms with Gasteiger partial charge < -0.3 is 25.4 Å². The first-order valence-corrected chi connectivity index (χ1v) is 15.0. The molecule has 1 aromatic carbocycles. The van der Waals surface area contributed by atoms with E-state index in [9.17, 15) is 14.4 Å². The first-order valence-electron chi connectivity index (χ1n) is 15.0. The molecule has 9 heteroatoms. The van der Waals surface area contributed by atoms with Gasteiger partial charge in [0.2, 0.25) is 11.8 Å². The number of benzene rings is 1. The summed E-state index contributed by atoms with van der Waals surface area (Å²) in [5.74, 6) is 1.37. The fraction of sp³-hybridized carbons (Fsp3) is 0.613. The molecular formula is C31H43N5O4. The fourth-order valence-corrected chi connectivity index (χ4v) is 6.30. The maximum absolute atomic E-state index is 13.7. The van der Waals surface area contributed by atoms with Crippen LogP contribution in [0, 0.1) is 24.7 Å². The minimum absolute atomic E-state index is 0.0875. The second kappa shape index (κ2) is 13.0. The number of nitrogens with zero attached hydrogens (tertiary/aromatic N) is 3. The number of likely N-dealkylation sites (tertiary alicyclic amines) is 1. The Morgan fingerprint density at radius 3 is 2.42 bits per heavy atom. The van der Waals surface area contributed by atoms with E-state index in [1.165, 1.54) is 5.56 Å². The second-order valence-electron chi connectivity index (χ2n) is 11.9. The van der Waals surface area contributed by atoms with E-state index in [0.29, 0.717) is 50.1 Å². The number of hydrogen-bond donors (Lipinski definition) is 2. The van der Waals surface area contributed by atoms with Gasteiger partial charge in [0, 0.05) is 37.7 Å². The quantitative estimate of drug-likeness (QED) is 0.469. The molecule has 1 aliphatic heterocycles. The molecule has 1 saturated heterocycles. The minimum Gasteiger partial charge on any atom is -0.361 e. The van der Waals surface area contributed by atoms with Gasteiger partial charge in [-0.3, -0.25) is 14.4 Å². The molecule has 0 radical (unpaired) electrons. The Hall–Kier alpha value is -3.20. The van der Waals surface area contributed by atoms with Crippen molar-refractivity contribution in [3.63, 3.8) is 0 Å². The lowest BCUT2D eigenvalue weighted by atomic mass is 9.82. The topological polar surface area (TPSA) is 122 Å². The van der Waals surface area contributed by atoms with Gasteiger partial charge in [0.25, 0.3) is 5.91 Å². The Labute approximate surface area is 236 Å². The number of nitrogens with two attached hydrogens (primary N) is 1. The zero-order valence-corrected chi connectivity index (χ0v) is 23.6.